The molecule has 1 unspecified atom stereocenters. The Morgan fingerprint density at radius 1 is 1.04 bits per heavy atom. The number of para-hydroxylation sites is 1. The van der Waals surface area contributed by atoms with Crippen molar-refractivity contribution >= 4 is 17.5 Å². The molecule has 0 aliphatic rings. The van der Waals surface area contributed by atoms with Gasteiger partial charge < -0.3 is 15.5 Å². The Labute approximate surface area is 157 Å². The summed E-state index contributed by atoms with van der Waals surface area (Å²) < 4.78 is 27.7. The fourth-order valence-corrected chi connectivity index (χ4v) is 2.67. The second-order valence-corrected chi connectivity index (χ2v) is 6.27. The number of rotatable bonds is 8. The van der Waals surface area contributed by atoms with Crippen molar-refractivity contribution in [1.29, 1.82) is 0 Å². The molecule has 2 rings (SSSR count). The largest absolute Gasteiger partial charge is 0.329 e. The van der Waals surface area contributed by atoms with Gasteiger partial charge in [0.25, 0.3) is 0 Å². The van der Waals surface area contributed by atoms with Crippen LogP contribution in [0.1, 0.15) is 12.5 Å². The highest BCUT2D eigenvalue weighted by atomic mass is 19.1. The number of anilines is 1. The number of carbonyl (C=O) groups excluding carboxylic acids is 2. The Bertz CT molecular complexity index is 798. The van der Waals surface area contributed by atoms with E-state index in [9.17, 15) is 18.4 Å². The van der Waals surface area contributed by atoms with Gasteiger partial charge in [-0.25, -0.2) is 8.78 Å². The van der Waals surface area contributed by atoms with Crippen LogP contribution in [0, 0.1) is 17.6 Å². The van der Waals surface area contributed by atoms with Gasteiger partial charge in [0.15, 0.2) is 0 Å². The molecule has 2 N–H and O–H groups in total. The van der Waals surface area contributed by atoms with Crippen molar-refractivity contribution in [2.24, 2.45) is 5.92 Å². The molecular formula is C20H23F2N3O2. The van der Waals surface area contributed by atoms with Gasteiger partial charge in [0.1, 0.15) is 18.2 Å². The molecule has 2 aromatic rings. The number of amides is 2. The van der Waals surface area contributed by atoms with E-state index in [0.29, 0.717) is 12.1 Å². The van der Waals surface area contributed by atoms with Crippen LogP contribution in [0.3, 0.4) is 0 Å². The molecule has 0 radical (unpaired) electrons. The molecule has 0 aromatic heterocycles. The first-order valence-electron chi connectivity index (χ1n) is 8.63. The summed E-state index contributed by atoms with van der Waals surface area (Å²) in [6, 6.07) is 11.8. The molecule has 0 aliphatic heterocycles. The number of benzene rings is 2. The molecule has 27 heavy (non-hydrogen) atoms. The van der Waals surface area contributed by atoms with E-state index >= 15 is 0 Å². The lowest BCUT2D eigenvalue weighted by atomic mass is 10.1. The van der Waals surface area contributed by atoms with Crippen LogP contribution in [0.4, 0.5) is 14.5 Å². The summed E-state index contributed by atoms with van der Waals surface area (Å²) in [5.41, 5.74) is 0.338. The van der Waals surface area contributed by atoms with Crippen molar-refractivity contribution < 1.29 is 18.4 Å². The van der Waals surface area contributed by atoms with Crippen LogP contribution in [0.15, 0.2) is 48.5 Å². The van der Waals surface area contributed by atoms with E-state index in [1.807, 2.05) is 0 Å². The maximum Gasteiger partial charge on any atom is 0.244 e. The lowest BCUT2D eigenvalue weighted by molar-refractivity contribution is -0.138. The maximum atomic E-state index is 14.0. The van der Waals surface area contributed by atoms with Crippen molar-refractivity contribution in [3.05, 3.63) is 65.7 Å². The van der Waals surface area contributed by atoms with Crippen LogP contribution in [-0.2, 0) is 16.1 Å². The Kier molecular flexibility index (Phi) is 7.43. The minimum atomic E-state index is -0.568. The Morgan fingerprint density at radius 3 is 2.30 bits per heavy atom. The van der Waals surface area contributed by atoms with Gasteiger partial charge in [-0.3, -0.25) is 9.59 Å². The topological polar surface area (TPSA) is 61.4 Å². The van der Waals surface area contributed by atoms with Crippen LogP contribution in [0.5, 0.6) is 0 Å². The van der Waals surface area contributed by atoms with Gasteiger partial charge >= 0.3 is 0 Å². The third kappa shape index (κ3) is 5.86. The molecule has 0 saturated carbocycles. The first-order chi connectivity index (χ1) is 12.9. The van der Waals surface area contributed by atoms with Gasteiger partial charge in [-0.15, -0.1) is 0 Å². The van der Waals surface area contributed by atoms with Crippen LogP contribution in [0.2, 0.25) is 0 Å². The Hall–Kier alpha value is -2.80. The van der Waals surface area contributed by atoms with E-state index < -0.39 is 23.5 Å². The monoisotopic (exact) mass is 375 g/mol. The molecule has 0 heterocycles. The van der Waals surface area contributed by atoms with Crippen molar-refractivity contribution in [2.75, 3.05) is 25.5 Å². The van der Waals surface area contributed by atoms with E-state index in [0.717, 1.165) is 0 Å². The molecule has 0 spiro atoms. The molecule has 0 aliphatic carbocycles. The van der Waals surface area contributed by atoms with E-state index in [2.05, 4.69) is 10.6 Å². The maximum absolute atomic E-state index is 14.0. The summed E-state index contributed by atoms with van der Waals surface area (Å²) in [5, 5.41) is 5.36. The van der Waals surface area contributed by atoms with E-state index in [1.54, 1.807) is 38.2 Å². The summed E-state index contributed by atoms with van der Waals surface area (Å²) in [6.07, 6.45) is 0. The minimum absolute atomic E-state index is 0.0315. The van der Waals surface area contributed by atoms with Gasteiger partial charge in [-0.1, -0.05) is 37.3 Å². The molecule has 2 aromatic carbocycles. The van der Waals surface area contributed by atoms with Crippen LogP contribution >= 0.6 is 0 Å². The summed E-state index contributed by atoms with van der Waals surface area (Å²) in [4.78, 5) is 26.3. The molecule has 2 amide bonds. The Morgan fingerprint density at radius 2 is 1.67 bits per heavy atom. The Balaban J connectivity index is 2.16. The first kappa shape index (κ1) is 20.5. The molecule has 0 saturated heterocycles. The number of hydrogen-bond donors (Lipinski definition) is 2. The van der Waals surface area contributed by atoms with E-state index in [4.69, 9.17) is 0 Å². The summed E-state index contributed by atoms with van der Waals surface area (Å²) in [7, 11) is 1.72. The van der Waals surface area contributed by atoms with Crippen LogP contribution in [0.25, 0.3) is 0 Å². The van der Waals surface area contributed by atoms with E-state index in [1.165, 1.54) is 29.2 Å². The zero-order valence-corrected chi connectivity index (χ0v) is 15.3. The molecule has 0 fully saturated rings. The average Bonchev–Trinajstić information content (AvgIpc) is 2.64. The number of nitrogens with one attached hydrogen (secondary N) is 2. The third-order valence-corrected chi connectivity index (χ3v) is 4.05. The van der Waals surface area contributed by atoms with Crippen molar-refractivity contribution in [2.45, 2.75) is 13.5 Å². The molecular weight excluding hydrogens is 352 g/mol. The minimum Gasteiger partial charge on any atom is -0.329 e. The summed E-state index contributed by atoms with van der Waals surface area (Å²) >= 11 is 0. The van der Waals surface area contributed by atoms with Gasteiger partial charge in [-0.05, 0) is 25.2 Å². The number of nitrogens with zero attached hydrogens (tertiary/aromatic N) is 1. The van der Waals surface area contributed by atoms with Gasteiger partial charge in [-0.2, -0.15) is 0 Å². The summed E-state index contributed by atoms with van der Waals surface area (Å²) in [5.74, 6) is -2.27. The standard InChI is InChI=1S/C20H23F2N3O2/c1-14(11-23-2)20(27)25(12-15-7-3-4-8-16(15)21)13-19(26)24-18-10-6-5-9-17(18)22/h3-10,14,23H,11-13H2,1-2H3,(H,24,26). The smallest absolute Gasteiger partial charge is 0.244 e. The van der Waals surface area contributed by atoms with E-state index in [-0.39, 0.29) is 24.7 Å². The summed E-state index contributed by atoms with van der Waals surface area (Å²) in [6.45, 7) is 1.78. The van der Waals surface area contributed by atoms with Crippen molar-refractivity contribution in [3.63, 3.8) is 0 Å². The SMILES string of the molecule is CNCC(C)C(=O)N(CC(=O)Nc1ccccc1F)Cc1ccccc1F. The predicted molar refractivity (Wildman–Crippen MR) is 99.9 cm³/mol. The van der Waals surface area contributed by atoms with Gasteiger partial charge in [0.05, 0.1) is 5.69 Å². The lowest BCUT2D eigenvalue weighted by Gasteiger charge is -2.25. The number of halogens is 2. The molecule has 5 nitrogen and oxygen atoms in total. The van der Waals surface area contributed by atoms with Gasteiger partial charge in [0.2, 0.25) is 11.8 Å². The lowest BCUT2D eigenvalue weighted by Crippen LogP contribution is -2.42. The quantitative estimate of drug-likeness (QED) is 0.746. The highest BCUT2D eigenvalue weighted by Crippen LogP contribution is 2.15. The van der Waals surface area contributed by atoms with Gasteiger partial charge in [0, 0.05) is 24.6 Å². The highest BCUT2D eigenvalue weighted by molar-refractivity contribution is 5.94. The van der Waals surface area contributed by atoms with Crippen molar-refractivity contribution in [3.8, 4) is 0 Å². The molecule has 7 heteroatoms. The normalized spacial score (nSPS) is 11.7. The molecule has 1 atom stereocenters. The first-order valence-corrected chi connectivity index (χ1v) is 8.63. The predicted octanol–water partition coefficient (Wildman–Crippen LogP) is 2.79. The zero-order valence-electron chi connectivity index (χ0n) is 15.3. The highest BCUT2D eigenvalue weighted by Gasteiger charge is 2.23. The fraction of sp³-hybridized carbons (Fsp3) is 0.300. The average molecular weight is 375 g/mol. The fourth-order valence-electron chi connectivity index (χ4n) is 2.67. The second-order valence-electron chi connectivity index (χ2n) is 6.27. The number of hydrogen-bond acceptors (Lipinski definition) is 3. The van der Waals surface area contributed by atoms with Crippen LogP contribution in [-0.4, -0.2) is 36.9 Å². The zero-order chi connectivity index (χ0) is 19.8. The van der Waals surface area contributed by atoms with Crippen LogP contribution < -0.4 is 10.6 Å². The van der Waals surface area contributed by atoms with Crippen molar-refractivity contribution in [1.82, 2.24) is 10.2 Å². The molecule has 144 valence electrons. The molecule has 0 bridgehead atoms. The third-order valence-electron chi connectivity index (χ3n) is 4.05. The second kappa shape index (κ2) is 9.78. The number of carbonyl (C=O) groups is 2.